The number of nitro benzene ring substituents is 1. The molecule has 3 aromatic rings. The summed E-state index contributed by atoms with van der Waals surface area (Å²) in [4.78, 5) is 27.2. The molecule has 8 heteroatoms. The van der Waals surface area contributed by atoms with Crippen molar-refractivity contribution in [1.82, 2.24) is 4.57 Å². The summed E-state index contributed by atoms with van der Waals surface area (Å²) in [6, 6.07) is 11.8. The van der Waals surface area contributed by atoms with Crippen LogP contribution >= 0.6 is 27.3 Å². The van der Waals surface area contributed by atoms with Gasteiger partial charge in [-0.1, -0.05) is 33.3 Å². The number of allylic oxidation sites excluding steroid dienone is 1. The van der Waals surface area contributed by atoms with Crippen molar-refractivity contribution in [3.05, 3.63) is 86.1 Å². The number of carbonyl (C=O) groups excluding carboxylic acids is 1. The van der Waals surface area contributed by atoms with Crippen molar-refractivity contribution in [1.29, 1.82) is 0 Å². The number of non-ortho nitro benzene ring substituents is 1. The summed E-state index contributed by atoms with van der Waals surface area (Å²) in [6.45, 7) is 4.30. The number of nitro groups is 1. The molecule has 0 atom stereocenters. The molecule has 27 heavy (non-hydrogen) atoms. The monoisotopic (exact) mass is 443 g/mol. The predicted molar refractivity (Wildman–Crippen MR) is 110 cm³/mol. The molecule has 0 aliphatic rings. The largest absolute Gasteiger partial charge is 0.312 e. The number of rotatable bonds is 5. The van der Waals surface area contributed by atoms with E-state index in [-0.39, 0.29) is 5.69 Å². The molecule has 0 N–H and O–H groups in total. The normalized spacial score (nSPS) is 12.0. The molecule has 0 saturated carbocycles. The van der Waals surface area contributed by atoms with E-state index in [0.717, 1.165) is 14.7 Å². The minimum atomic E-state index is -0.466. The van der Waals surface area contributed by atoms with Crippen LogP contribution in [0.3, 0.4) is 0 Å². The van der Waals surface area contributed by atoms with Gasteiger partial charge in [0.1, 0.15) is 0 Å². The molecule has 1 aromatic heterocycles. The predicted octanol–water partition coefficient (Wildman–Crippen LogP) is 4.70. The first-order valence-corrected chi connectivity index (χ1v) is 9.50. The maximum Gasteiger partial charge on any atom is 0.272 e. The van der Waals surface area contributed by atoms with Gasteiger partial charge in [0.2, 0.25) is 0 Å². The van der Waals surface area contributed by atoms with Crippen molar-refractivity contribution >= 4 is 55.2 Å². The summed E-state index contributed by atoms with van der Waals surface area (Å²) in [5.74, 6) is -0.406. The molecule has 0 spiro atoms. The van der Waals surface area contributed by atoms with Crippen LogP contribution in [-0.4, -0.2) is 15.4 Å². The Balaban J connectivity index is 1.91. The standard InChI is InChI=1S/C19H14BrN3O3S/c1-2-11-22-16-9-6-14(20)12-17(16)27-19(22)21-18(24)10-5-13-3-7-15(8-4-13)23(25)26/h2-10,12H,1,11H2. The van der Waals surface area contributed by atoms with E-state index in [0.29, 0.717) is 16.9 Å². The van der Waals surface area contributed by atoms with Gasteiger partial charge in [-0.15, -0.1) is 6.58 Å². The molecule has 0 unspecified atom stereocenters. The number of fused-ring (bicyclic) bond motifs is 1. The minimum absolute atomic E-state index is 0.00469. The van der Waals surface area contributed by atoms with Crippen LogP contribution in [0.5, 0.6) is 0 Å². The van der Waals surface area contributed by atoms with Crippen LogP contribution in [0.2, 0.25) is 0 Å². The number of thiazole rings is 1. The molecular weight excluding hydrogens is 430 g/mol. The van der Waals surface area contributed by atoms with Gasteiger partial charge in [-0.25, -0.2) is 0 Å². The number of nitrogens with zero attached hydrogens (tertiary/aromatic N) is 3. The number of hydrogen-bond donors (Lipinski definition) is 0. The zero-order valence-corrected chi connectivity index (χ0v) is 16.4. The summed E-state index contributed by atoms with van der Waals surface area (Å²) in [5, 5.41) is 10.7. The van der Waals surface area contributed by atoms with Crippen molar-refractivity contribution in [3.8, 4) is 0 Å². The highest BCUT2D eigenvalue weighted by molar-refractivity contribution is 9.10. The van der Waals surface area contributed by atoms with Crippen LogP contribution in [0, 0.1) is 10.1 Å². The van der Waals surface area contributed by atoms with Gasteiger partial charge >= 0.3 is 0 Å². The Morgan fingerprint density at radius 3 is 2.70 bits per heavy atom. The highest BCUT2D eigenvalue weighted by Crippen LogP contribution is 2.22. The van der Waals surface area contributed by atoms with E-state index in [9.17, 15) is 14.9 Å². The number of aromatic nitrogens is 1. The lowest BCUT2D eigenvalue weighted by atomic mass is 10.2. The van der Waals surface area contributed by atoms with Crippen molar-refractivity contribution < 1.29 is 9.72 Å². The second kappa shape index (κ2) is 8.24. The zero-order chi connectivity index (χ0) is 19.4. The molecular formula is C19H14BrN3O3S. The highest BCUT2D eigenvalue weighted by Gasteiger charge is 2.07. The molecule has 0 bridgehead atoms. The average Bonchev–Trinajstić information content (AvgIpc) is 2.97. The van der Waals surface area contributed by atoms with Crippen LogP contribution in [0.15, 0.2) is 70.7 Å². The van der Waals surface area contributed by atoms with Crippen molar-refractivity contribution in [2.45, 2.75) is 6.54 Å². The zero-order valence-electron chi connectivity index (χ0n) is 14.0. The second-order valence-corrected chi connectivity index (χ2v) is 7.45. The molecule has 0 fully saturated rings. The van der Waals surface area contributed by atoms with Crippen LogP contribution in [0.4, 0.5) is 5.69 Å². The highest BCUT2D eigenvalue weighted by atomic mass is 79.9. The number of benzene rings is 2. The van der Waals surface area contributed by atoms with E-state index >= 15 is 0 Å². The first kappa shape index (κ1) is 18.9. The molecule has 0 aliphatic carbocycles. The smallest absolute Gasteiger partial charge is 0.272 e. The van der Waals surface area contributed by atoms with E-state index in [1.807, 2.05) is 22.8 Å². The SMILES string of the molecule is C=CCn1c(=NC(=O)C=Cc2ccc([N+](=O)[O-])cc2)sc2cc(Br)ccc21. The maximum absolute atomic E-state index is 12.3. The maximum atomic E-state index is 12.3. The minimum Gasteiger partial charge on any atom is -0.312 e. The number of amides is 1. The second-order valence-electron chi connectivity index (χ2n) is 5.53. The van der Waals surface area contributed by atoms with Gasteiger partial charge in [0, 0.05) is 29.2 Å². The van der Waals surface area contributed by atoms with Crippen LogP contribution in [-0.2, 0) is 11.3 Å². The van der Waals surface area contributed by atoms with Gasteiger partial charge in [0.05, 0.1) is 15.1 Å². The molecule has 136 valence electrons. The Hall–Kier alpha value is -2.84. The van der Waals surface area contributed by atoms with Crippen LogP contribution < -0.4 is 4.80 Å². The van der Waals surface area contributed by atoms with Gasteiger partial charge in [-0.05, 0) is 42.0 Å². The molecule has 6 nitrogen and oxygen atoms in total. The summed E-state index contributed by atoms with van der Waals surface area (Å²) in [6.07, 6.45) is 4.68. The van der Waals surface area contributed by atoms with Gasteiger partial charge < -0.3 is 4.57 Å². The summed E-state index contributed by atoms with van der Waals surface area (Å²) in [5.41, 5.74) is 1.67. The lowest BCUT2D eigenvalue weighted by molar-refractivity contribution is -0.384. The van der Waals surface area contributed by atoms with E-state index in [1.54, 1.807) is 24.3 Å². The summed E-state index contributed by atoms with van der Waals surface area (Å²) in [7, 11) is 0. The van der Waals surface area contributed by atoms with Gasteiger partial charge in [0.15, 0.2) is 4.80 Å². The Morgan fingerprint density at radius 1 is 1.30 bits per heavy atom. The van der Waals surface area contributed by atoms with Gasteiger partial charge in [0.25, 0.3) is 11.6 Å². The molecule has 2 aromatic carbocycles. The third-order valence-electron chi connectivity index (χ3n) is 3.68. The summed E-state index contributed by atoms with van der Waals surface area (Å²) < 4.78 is 3.90. The molecule has 1 heterocycles. The first-order chi connectivity index (χ1) is 13.0. The quantitative estimate of drug-likeness (QED) is 0.248. The van der Waals surface area contributed by atoms with Gasteiger partial charge in [-0.3, -0.25) is 14.9 Å². The van der Waals surface area contributed by atoms with Crippen LogP contribution in [0.25, 0.3) is 16.3 Å². The van der Waals surface area contributed by atoms with Gasteiger partial charge in [-0.2, -0.15) is 4.99 Å². The third-order valence-corrected chi connectivity index (χ3v) is 5.22. The Labute approximate surface area is 167 Å². The Bertz CT molecular complexity index is 1130. The molecule has 0 saturated heterocycles. The van der Waals surface area contributed by atoms with Crippen molar-refractivity contribution in [3.63, 3.8) is 0 Å². The topological polar surface area (TPSA) is 77.5 Å². The fraction of sp³-hybridized carbons (Fsp3) is 0.0526. The average molecular weight is 444 g/mol. The Kier molecular flexibility index (Phi) is 5.78. The molecule has 0 aliphatic heterocycles. The lowest BCUT2D eigenvalue weighted by Crippen LogP contribution is -2.15. The molecule has 0 radical (unpaired) electrons. The molecule has 3 rings (SSSR count). The lowest BCUT2D eigenvalue weighted by Gasteiger charge is -2.00. The van der Waals surface area contributed by atoms with Crippen molar-refractivity contribution in [2.75, 3.05) is 0 Å². The fourth-order valence-corrected chi connectivity index (χ4v) is 4.04. The van der Waals surface area contributed by atoms with E-state index < -0.39 is 10.8 Å². The number of hydrogen-bond acceptors (Lipinski definition) is 4. The third kappa shape index (κ3) is 4.47. The fourth-order valence-electron chi connectivity index (χ4n) is 2.44. The first-order valence-electron chi connectivity index (χ1n) is 7.89. The van der Waals surface area contributed by atoms with Crippen molar-refractivity contribution in [2.24, 2.45) is 4.99 Å². The Morgan fingerprint density at radius 2 is 2.04 bits per heavy atom. The van der Waals surface area contributed by atoms with E-state index in [1.165, 1.54) is 29.5 Å². The number of carbonyl (C=O) groups is 1. The number of halogens is 1. The van der Waals surface area contributed by atoms with E-state index in [2.05, 4.69) is 27.5 Å². The van der Waals surface area contributed by atoms with Crippen LogP contribution in [0.1, 0.15) is 5.56 Å². The molecule has 1 amide bonds. The summed E-state index contributed by atoms with van der Waals surface area (Å²) >= 11 is 4.87. The van der Waals surface area contributed by atoms with E-state index in [4.69, 9.17) is 0 Å².